The molecule has 4 N–H and O–H groups in total. The summed E-state index contributed by atoms with van der Waals surface area (Å²) >= 11 is 1.33. The third-order valence-corrected chi connectivity index (χ3v) is 7.87. The highest BCUT2D eigenvalue weighted by molar-refractivity contribution is 8.00. The number of Topliss-reactive ketones (excluding diaryl/α,β-unsaturated/α-hetero) is 1. The van der Waals surface area contributed by atoms with Gasteiger partial charge in [-0.1, -0.05) is 96.2 Å². The van der Waals surface area contributed by atoms with Crippen molar-refractivity contribution in [2.75, 3.05) is 18.6 Å². The van der Waals surface area contributed by atoms with Crippen molar-refractivity contribution in [3.05, 3.63) is 108 Å². The number of oxime groups is 1. The number of thioether (sulfide) groups is 1. The number of hydrogen-bond donors (Lipinski definition) is 4. The minimum absolute atomic E-state index is 0.0562. The van der Waals surface area contributed by atoms with E-state index < -0.39 is 23.7 Å². The molecule has 0 spiro atoms. The van der Waals surface area contributed by atoms with E-state index >= 15 is 0 Å². The first-order valence-electron chi connectivity index (χ1n) is 13.1. The summed E-state index contributed by atoms with van der Waals surface area (Å²) in [5.41, 5.74) is 4.70. The Morgan fingerprint density at radius 1 is 0.800 bits per heavy atom. The van der Waals surface area contributed by atoms with Gasteiger partial charge < -0.3 is 10.5 Å². The quantitative estimate of drug-likeness (QED) is 0.0956. The molecular weight excluding hydrogens is 526 g/mol. The van der Waals surface area contributed by atoms with Crippen LogP contribution in [0.2, 0.25) is 0 Å². The highest BCUT2D eigenvalue weighted by Crippen LogP contribution is 2.27. The van der Waals surface area contributed by atoms with Gasteiger partial charge in [0, 0.05) is 42.4 Å². The molecule has 0 saturated carbocycles. The third kappa shape index (κ3) is 9.07. The summed E-state index contributed by atoms with van der Waals surface area (Å²) in [5, 5.41) is 25.2. The lowest BCUT2D eigenvalue weighted by Crippen LogP contribution is -2.41. The van der Waals surface area contributed by atoms with E-state index in [1.54, 1.807) is 5.48 Å². The molecule has 2 amide bonds. The van der Waals surface area contributed by atoms with Crippen LogP contribution in [0.15, 0.2) is 96.2 Å². The zero-order chi connectivity index (χ0) is 28.7. The van der Waals surface area contributed by atoms with Gasteiger partial charge in [-0.3, -0.25) is 19.6 Å². The van der Waals surface area contributed by atoms with E-state index in [9.17, 15) is 24.8 Å². The van der Waals surface area contributed by atoms with Crippen LogP contribution in [0.25, 0.3) is 0 Å². The molecule has 0 radical (unpaired) electrons. The van der Waals surface area contributed by atoms with E-state index in [4.69, 9.17) is 0 Å². The Hall–Kier alpha value is -3.95. The maximum absolute atomic E-state index is 13.9. The van der Waals surface area contributed by atoms with Gasteiger partial charge in [0.1, 0.15) is 5.78 Å². The number of amides is 2. The molecule has 0 bridgehead atoms. The Morgan fingerprint density at radius 2 is 1.35 bits per heavy atom. The molecule has 0 heterocycles. The van der Waals surface area contributed by atoms with Crippen LogP contribution in [-0.2, 0) is 27.2 Å². The predicted molar refractivity (Wildman–Crippen MR) is 156 cm³/mol. The number of hydroxylamine groups is 1. The van der Waals surface area contributed by atoms with Gasteiger partial charge in [-0.2, -0.15) is 11.8 Å². The standard InChI is InChI=1S/C31H35N3O5S/c1-32-30(36)25(17-22-11-5-2-6-12-22)19-29(35)26(18-23-13-7-3-8-14-23)27(31(37)34-39)20-40-21-28(33-38)24-15-9-4-10-16-24/h2-16,25-27,38-39H,17-21H2,1H3,(H,32,36)(H,34,37)/t25-,26-,27+/m1/s1. The molecular formula is C31H35N3O5S. The molecule has 3 atom stereocenters. The zero-order valence-corrected chi connectivity index (χ0v) is 23.2. The molecule has 9 heteroatoms. The zero-order valence-electron chi connectivity index (χ0n) is 22.4. The molecule has 0 aliphatic rings. The van der Waals surface area contributed by atoms with Crippen molar-refractivity contribution in [3.8, 4) is 0 Å². The summed E-state index contributed by atoms with van der Waals surface area (Å²) in [6.45, 7) is 0. The van der Waals surface area contributed by atoms with Crippen molar-refractivity contribution in [1.29, 1.82) is 0 Å². The molecule has 8 nitrogen and oxygen atoms in total. The van der Waals surface area contributed by atoms with Crippen molar-refractivity contribution in [2.45, 2.75) is 19.3 Å². The average molecular weight is 562 g/mol. The number of carbonyl (C=O) groups is 3. The van der Waals surface area contributed by atoms with Crippen LogP contribution in [0.4, 0.5) is 0 Å². The maximum Gasteiger partial charge on any atom is 0.248 e. The number of benzene rings is 3. The molecule has 40 heavy (non-hydrogen) atoms. The molecule has 0 aromatic heterocycles. The van der Waals surface area contributed by atoms with Gasteiger partial charge in [-0.05, 0) is 24.0 Å². The molecule has 210 valence electrons. The fourth-order valence-electron chi connectivity index (χ4n) is 4.64. The van der Waals surface area contributed by atoms with Gasteiger partial charge in [0.2, 0.25) is 11.8 Å². The minimum Gasteiger partial charge on any atom is -0.411 e. The third-order valence-electron chi connectivity index (χ3n) is 6.80. The normalized spacial score (nSPS) is 13.6. The lowest BCUT2D eigenvalue weighted by molar-refractivity contribution is -0.139. The summed E-state index contributed by atoms with van der Waals surface area (Å²) in [7, 11) is 1.54. The van der Waals surface area contributed by atoms with Gasteiger partial charge in [-0.15, -0.1) is 0 Å². The Balaban J connectivity index is 1.84. The van der Waals surface area contributed by atoms with Gasteiger partial charge in [0.25, 0.3) is 0 Å². The van der Waals surface area contributed by atoms with Gasteiger partial charge in [0.15, 0.2) is 0 Å². The highest BCUT2D eigenvalue weighted by atomic mass is 32.2. The van der Waals surface area contributed by atoms with Crippen molar-refractivity contribution in [3.63, 3.8) is 0 Å². The molecule has 0 aliphatic carbocycles. The van der Waals surface area contributed by atoms with E-state index in [-0.39, 0.29) is 36.0 Å². The topological polar surface area (TPSA) is 128 Å². The second-order valence-corrected chi connectivity index (χ2v) is 10.5. The summed E-state index contributed by atoms with van der Waals surface area (Å²) in [4.78, 5) is 39.6. The monoisotopic (exact) mass is 561 g/mol. The first kappa shape index (κ1) is 30.6. The van der Waals surface area contributed by atoms with E-state index in [0.717, 1.165) is 16.7 Å². The number of carbonyl (C=O) groups excluding carboxylic acids is 3. The van der Waals surface area contributed by atoms with Crippen LogP contribution in [-0.4, -0.2) is 52.3 Å². The van der Waals surface area contributed by atoms with Gasteiger partial charge in [-0.25, -0.2) is 5.48 Å². The number of nitrogens with one attached hydrogen (secondary N) is 2. The smallest absolute Gasteiger partial charge is 0.248 e. The van der Waals surface area contributed by atoms with E-state index in [1.807, 2.05) is 91.0 Å². The second-order valence-electron chi connectivity index (χ2n) is 9.48. The first-order valence-corrected chi connectivity index (χ1v) is 14.2. The van der Waals surface area contributed by atoms with Gasteiger partial charge >= 0.3 is 0 Å². The van der Waals surface area contributed by atoms with Crippen molar-refractivity contribution >= 4 is 35.1 Å². The fourth-order valence-corrected chi connectivity index (χ4v) is 5.82. The maximum atomic E-state index is 13.9. The number of hydrogen-bond acceptors (Lipinski definition) is 7. The largest absolute Gasteiger partial charge is 0.411 e. The first-order chi connectivity index (χ1) is 19.5. The summed E-state index contributed by atoms with van der Waals surface area (Å²) < 4.78 is 0. The number of rotatable bonds is 15. The molecule has 0 aliphatic heterocycles. The van der Waals surface area contributed by atoms with Crippen molar-refractivity contribution in [2.24, 2.45) is 22.9 Å². The van der Waals surface area contributed by atoms with Crippen molar-refractivity contribution < 1.29 is 24.8 Å². The molecule has 3 rings (SSSR count). The Bertz CT molecular complexity index is 1260. The Kier molecular flexibility index (Phi) is 12.4. The average Bonchev–Trinajstić information content (AvgIpc) is 3.00. The van der Waals surface area contributed by atoms with Crippen LogP contribution < -0.4 is 10.8 Å². The summed E-state index contributed by atoms with van der Waals surface area (Å²) in [6.07, 6.45) is 0.590. The predicted octanol–water partition coefficient (Wildman–Crippen LogP) is 4.14. The van der Waals surface area contributed by atoms with Crippen LogP contribution >= 0.6 is 11.8 Å². The number of nitrogens with zero attached hydrogens (tertiary/aromatic N) is 1. The van der Waals surface area contributed by atoms with Gasteiger partial charge in [0.05, 0.1) is 11.6 Å². The Labute approximate surface area is 238 Å². The SMILES string of the molecule is CNC(=O)[C@@H](CC(=O)[C@H](Cc1ccccc1)[C@H](CSCC(=NO)c1ccccc1)C(=O)NO)Cc1ccccc1. The second kappa shape index (κ2) is 16.2. The van der Waals surface area contributed by atoms with Crippen LogP contribution in [0.3, 0.4) is 0 Å². The lowest BCUT2D eigenvalue weighted by atomic mass is 9.80. The van der Waals surface area contributed by atoms with Crippen LogP contribution in [0, 0.1) is 17.8 Å². The molecule has 0 fully saturated rings. The highest BCUT2D eigenvalue weighted by Gasteiger charge is 2.36. The van der Waals surface area contributed by atoms with E-state index in [0.29, 0.717) is 12.1 Å². The minimum atomic E-state index is -0.888. The number of ketones is 1. The molecule has 3 aromatic carbocycles. The van der Waals surface area contributed by atoms with Crippen molar-refractivity contribution in [1.82, 2.24) is 10.8 Å². The van der Waals surface area contributed by atoms with Crippen LogP contribution in [0.5, 0.6) is 0 Å². The summed E-state index contributed by atoms with van der Waals surface area (Å²) in [6, 6.07) is 28.0. The molecule has 3 aromatic rings. The molecule has 0 saturated heterocycles. The fraction of sp³-hybridized carbons (Fsp3) is 0.290. The lowest BCUT2D eigenvalue weighted by Gasteiger charge is -2.26. The van der Waals surface area contributed by atoms with Crippen LogP contribution in [0.1, 0.15) is 23.1 Å². The summed E-state index contributed by atoms with van der Waals surface area (Å²) in [5.74, 6) is -2.99. The Morgan fingerprint density at radius 3 is 1.88 bits per heavy atom. The molecule has 0 unspecified atom stereocenters. The van der Waals surface area contributed by atoms with E-state index in [1.165, 1.54) is 18.8 Å². The van der Waals surface area contributed by atoms with E-state index in [2.05, 4.69) is 10.5 Å².